The fourth-order valence-corrected chi connectivity index (χ4v) is 17.6. The van der Waals surface area contributed by atoms with Crippen molar-refractivity contribution in [3.8, 4) is 0 Å². The summed E-state index contributed by atoms with van der Waals surface area (Å²) >= 11 is 0. The molecule has 0 rings (SSSR count). The Balaban J connectivity index is -0.00000103. The van der Waals surface area contributed by atoms with E-state index >= 15 is 0 Å². The Morgan fingerprint density at radius 1 is 0.193 bits per heavy atom. The average molecular weight is 2050 g/mol. The molecule has 0 aliphatic rings. The lowest BCUT2D eigenvalue weighted by molar-refractivity contribution is -0.151. The third-order valence-electron chi connectivity index (χ3n) is 26.6. The molecule has 0 amide bonds. The maximum Gasteiger partial charge on any atom is 0.306 e. The van der Waals surface area contributed by atoms with Crippen molar-refractivity contribution in [2.24, 2.45) is 0 Å². The summed E-state index contributed by atoms with van der Waals surface area (Å²) in [6.07, 6.45) is 119. The molecule has 850 valence electrons. The van der Waals surface area contributed by atoms with Crippen molar-refractivity contribution in [2.45, 2.75) is 593 Å². The standard InChI is InChI=1S/C45H83NO6.C41H75NO6.C39H73NO4.CH4/c1-46(2)41-35-40-45(49)52-42(36-31-27-23-19-15-11-7-5-9-13-17-21-25-29-33-38-43(47)50-3)37-32-28-24-20-16-12-8-6-10-14-18-22-26-30-34-39-44(48)51-4;1-5-7-9-11-13-21-27-36-46-39(43)32-25-19-15-17-23-30-38(48-41(45)34-29-35-42(3)4)31-24-18-16-20-26-33-40(44)47-37-28-22-14-12-10-8-6-2;1-5-7-8-9-10-11-12-13-16-19-22-25-28-32-37(44-39(42)35-31-36-40(3)4)33-29-26-23-20-17-14-15-18-21-24-27-30-34-38(41)43-6-2;/h5-6,9-10,42H,7-8,11-41H2,1-4H3;21-22,27-28,38H,5-20,23-26,29-37H2,1-4H3;10-11,18,21,37H,5-9,12-17,19-20,22-36H2,1-4H3;1H4/b9-5-,10-6-;27-21-,28-22-;11-10-,21-18-;. The van der Waals surface area contributed by atoms with Crippen LogP contribution in [0.3, 0.4) is 0 Å². The fraction of sp³-hybridized carbons (Fsp3) is 0.841. The molecule has 0 aromatic heterocycles. The first kappa shape index (κ1) is 145. The topological polar surface area (TPSA) is 220 Å². The SMILES string of the molecule is C.CCCCC/C=C\CCCCCCCCC(CCCCCCCC/C=C\CCCCC(=O)OCC)OC(=O)CCCN(C)C.CCCCCC/C=C\COC(=O)CCCCCCCC(CCCCCCCC(=O)OC/C=C\CCCCCC)OC(=O)CCCN(C)C.COC(=O)CCCCCCC/C=C\CCCCCCCCC(CCCCCCCC/C=C\CCCCCCCC(=O)OC)OC(=O)CCCN(C)C. The van der Waals surface area contributed by atoms with Crippen molar-refractivity contribution in [1.82, 2.24) is 14.7 Å². The van der Waals surface area contributed by atoms with Gasteiger partial charge in [-0.3, -0.25) is 38.4 Å². The Kier molecular flexibility index (Phi) is 122. The molecule has 1 atom stereocenters. The minimum Gasteiger partial charge on any atom is -0.469 e. The highest BCUT2D eigenvalue weighted by Crippen LogP contribution is 2.25. The molecule has 0 N–H and O–H groups in total. The van der Waals surface area contributed by atoms with Crippen LogP contribution in [-0.2, 0) is 76.3 Å². The first-order valence-electron chi connectivity index (χ1n) is 60.3. The van der Waals surface area contributed by atoms with Crippen molar-refractivity contribution >= 4 is 47.8 Å². The second-order valence-corrected chi connectivity index (χ2v) is 41.7. The van der Waals surface area contributed by atoms with Gasteiger partial charge in [0, 0.05) is 51.4 Å². The average Bonchev–Trinajstić information content (AvgIpc) is 0.962. The van der Waals surface area contributed by atoms with Crippen LogP contribution in [0, 0.1) is 0 Å². The summed E-state index contributed by atoms with van der Waals surface area (Å²) in [7, 11) is 15.1. The lowest BCUT2D eigenvalue weighted by atomic mass is 10.0. The Labute approximate surface area is 895 Å². The van der Waals surface area contributed by atoms with E-state index in [-0.39, 0.29) is 73.5 Å². The van der Waals surface area contributed by atoms with E-state index in [1.165, 1.54) is 297 Å². The van der Waals surface area contributed by atoms with Gasteiger partial charge in [0.1, 0.15) is 31.5 Å². The number of carbonyl (C=O) groups is 8. The smallest absolute Gasteiger partial charge is 0.306 e. The third-order valence-corrected chi connectivity index (χ3v) is 26.6. The molecule has 0 saturated carbocycles. The van der Waals surface area contributed by atoms with Gasteiger partial charge in [-0.15, -0.1) is 0 Å². The molecule has 0 spiro atoms. The predicted molar refractivity (Wildman–Crippen MR) is 614 cm³/mol. The molecule has 0 radical (unpaired) electrons. The maximum atomic E-state index is 12.6. The molecule has 0 aromatic rings. The van der Waals surface area contributed by atoms with E-state index in [9.17, 15) is 38.4 Å². The summed E-state index contributed by atoms with van der Waals surface area (Å²) in [6, 6.07) is 0. The van der Waals surface area contributed by atoms with Crippen LogP contribution in [0.5, 0.6) is 0 Å². The van der Waals surface area contributed by atoms with Gasteiger partial charge in [-0.1, -0.05) is 332 Å². The zero-order valence-electron chi connectivity index (χ0n) is 96.2. The lowest BCUT2D eigenvalue weighted by Gasteiger charge is -2.18. The highest BCUT2D eigenvalue weighted by atomic mass is 16.6. The minimum absolute atomic E-state index is 0. The largest absolute Gasteiger partial charge is 0.469 e. The van der Waals surface area contributed by atoms with Crippen molar-refractivity contribution in [1.29, 1.82) is 0 Å². The van der Waals surface area contributed by atoms with Gasteiger partial charge in [0.15, 0.2) is 0 Å². The first-order valence-corrected chi connectivity index (χ1v) is 60.3. The number of nitrogens with zero attached hydrogens (tertiary/aromatic N) is 3. The van der Waals surface area contributed by atoms with Gasteiger partial charge in [-0.25, -0.2) is 0 Å². The lowest BCUT2D eigenvalue weighted by Crippen LogP contribution is -2.20. The molecule has 0 aliphatic carbocycles. The summed E-state index contributed by atoms with van der Waals surface area (Å²) in [4.78, 5) is 101. The van der Waals surface area contributed by atoms with E-state index in [4.69, 9.17) is 28.4 Å². The van der Waals surface area contributed by atoms with Gasteiger partial charge in [0.25, 0.3) is 0 Å². The number of methoxy groups -OCH3 is 2. The molecular formula is C126H235N3O16. The number of esters is 8. The normalized spacial score (nSPS) is 11.9. The van der Waals surface area contributed by atoms with Crippen molar-refractivity contribution in [3.63, 3.8) is 0 Å². The molecule has 1 unspecified atom stereocenters. The van der Waals surface area contributed by atoms with E-state index < -0.39 is 0 Å². The van der Waals surface area contributed by atoms with E-state index in [0.29, 0.717) is 71.2 Å². The quantitative estimate of drug-likeness (QED) is 0.0239. The van der Waals surface area contributed by atoms with Crippen LogP contribution in [0.15, 0.2) is 72.9 Å². The van der Waals surface area contributed by atoms with E-state index in [0.717, 1.165) is 225 Å². The van der Waals surface area contributed by atoms with Gasteiger partial charge >= 0.3 is 47.8 Å². The number of rotatable bonds is 107. The second kappa shape index (κ2) is 122. The highest BCUT2D eigenvalue weighted by molar-refractivity contribution is 5.72. The van der Waals surface area contributed by atoms with Gasteiger partial charge in [0.2, 0.25) is 0 Å². The van der Waals surface area contributed by atoms with Crippen LogP contribution in [0.4, 0.5) is 0 Å². The number of allylic oxidation sites excluding steroid dienone is 10. The second-order valence-electron chi connectivity index (χ2n) is 41.7. The molecule has 0 bridgehead atoms. The summed E-state index contributed by atoms with van der Waals surface area (Å²) in [6.45, 7) is 12.5. The van der Waals surface area contributed by atoms with Crippen LogP contribution >= 0.6 is 0 Å². The number of hydrogen-bond acceptors (Lipinski definition) is 19. The number of hydrogen-bond donors (Lipinski definition) is 0. The number of carbonyl (C=O) groups excluding carboxylic acids is 8. The number of ether oxygens (including phenoxy) is 8. The zero-order chi connectivity index (χ0) is 106. The first-order chi connectivity index (χ1) is 70.3. The monoisotopic (exact) mass is 2050 g/mol. The third kappa shape index (κ3) is 125. The van der Waals surface area contributed by atoms with Crippen LogP contribution in [0.1, 0.15) is 574 Å². The van der Waals surface area contributed by atoms with Gasteiger partial charge in [0.05, 0.1) is 20.8 Å². The minimum atomic E-state index is -0.108. The van der Waals surface area contributed by atoms with Crippen LogP contribution in [0.25, 0.3) is 0 Å². The van der Waals surface area contributed by atoms with Crippen molar-refractivity contribution in [2.75, 3.05) is 96.0 Å². The fourth-order valence-electron chi connectivity index (χ4n) is 17.6. The molecule has 0 aromatic carbocycles. The van der Waals surface area contributed by atoms with Gasteiger partial charge in [-0.2, -0.15) is 0 Å². The Hall–Kier alpha value is -5.92. The van der Waals surface area contributed by atoms with Gasteiger partial charge in [-0.05, 0) is 326 Å². The maximum absolute atomic E-state index is 12.6. The van der Waals surface area contributed by atoms with Crippen molar-refractivity contribution in [3.05, 3.63) is 72.9 Å². The molecule has 0 fully saturated rings. The van der Waals surface area contributed by atoms with E-state index in [1.807, 2.05) is 47.3 Å². The summed E-state index contributed by atoms with van der Waals surface area (Å²) in [5.41, 5.74) is 0. The van der Waals surface area contributed by atoms with Crippen LogP contribution in [-0.4, -0.2) is 177 Å². The molecule has 145 heavy (non-hydrogen) atoms. The molecule has 0 saturated heterocycles. The Bertz CT molecular complexity index is 2870. The highest BCUT2D eigenvalue weighted by Gasteiger charge is 2.19. The molecular weight excluding hydrogens is 1810 g/mol. The summed E-state index contributed by atoms with van der Waals surface area (Å²) in [5.74, 6) is -0.583. The van der Waals surface area contributed by atoms with E-state index in [2.05, 4.69) is 120 Å². The predicted octanol–water partition coefficient (Wildman–Crippen LogP) is 35.2. The molecule has 19 heteroatoms. The van der Waals surface area contributed by atoms with E-state index in [1.54, 1.807) is 0 Å². The van der Waals surface area contributed by atoms with Crippen molar-refractivity contribution < 1.29 is 76.3 Å². The molecule has 0 aliphatic heterocycles. The Morgan fingerprint density at radius 2 is 0.359 bits per heavy atom. The molecule has 0 heterocycles. The Morgan fingerprint density at radius 3 is 0.579 bits per heavy atom. The zero-order valence-corrected chi connectivity index (χ0v) is 96.2. The van der Waals surface area contributed by atoms with Crippen LogP contribution < -0.4 is 0 Å². The molecule has 19 nitrogen and oxygen atoms in total. The van der Waals surface area contributed by atoms with Gasteiger partial charge < -0.3 is 52.6 Å². The summed E-state index contributed by atoms with van der Waals surface area (Å²) in [5, 5.41) is 0. The summed E-state index contributed by atoms with van der Waals surface area (Å²) < 4.78 is 42.9. The van der Waals surface area contributed by atoms with Crippen LogP contribution in [0.2, 0.25) is 0 Å². The number of unbranched alkanes of at least 4 members (excludes halogenated alkanes) is 55.